The Labute approximate surface area is 151 Å². The van der Waals surface area contributed by atoms with E-state index in [1.807, 2.05) is 37.3 Å². The maximum absolute atomic E-state index is 10.9. The summed E-state index contributed by atoms with van der Waals surface area (Å²) in [6, 6.07) is 14.4. The number of halogens is 1. The number of nitro benzene ring substituents is 1. The lowest BCUT2D eigenvalue weighted by Gasteiger charge is -2.08. The first-order valence-corrected chi connectivity index (χ1v) is 8.80. The largest absolute Gasteiger partial charge is 0.269 e. The van der Waals surface area contributed by atoms with E-state index in [4.69, 9.17) is 0 Å². The molecule has 0 saturated carbocycles. The molecular weight excluding hydrogens is 392 g/mol. The summed E-state index contributed by atoms with van der Waals surface area (Å²) < 4.78 is 0.935. The minimum Gasteiger partial charge on any atom is -0.258 e. The Balaban J connectivity index is 1.78. The number of nitrogens with one attached hydrogen (secondary N) is 1. The van der Waals surface area contributed by atoms with Crippen LogP contribution in [0.15, 0.2) is 58.2 Å². The van der Waals surface area contributed by atoms with Crippen LogP contribution in [-0.2, 0) is 0 Å². The van der Waals surface area contributed by atoms with Crippen LogP contribution in [0.2, 0.25) is 0 Å². The number of H-pyrrole nitrogens is 1. The molecule has 0 unspecified atom stereocenters. The van der Waals surface area contributed by atoms with E-state index in [0.717, 1.165) is 15.6 Å². The summed E-state index contributed by atoms with van der Waals surface area (Å²) >= 11 is 4.94. The molecule has 0 aliphatic rings. The average Bonchev–Trinajstić information content (AvgIpc) is 3.03. The van der Waals surface area contributed by atoms with Crippen molar-refractivity contribution in [2.24, 2.45) is 0 Å². The molecule has 1 N–H and O–H groups in total. The predicted molar refractivity (Wildman–Crippen MR) is 96.9 cm³/mol. The summed E-state index contributed by atoms with van der Waals surface area (Å²) in [5.74, 6) is 0.677. The van der Waals surface area contributed by atoms with E-state index in [1.54, 1.807) is 12.1 Å². The molecule has 6 nitrogen and oxygen atoms in total. The third kappa shape index (κ3) is 3.65. The van der Waals surface area contributed by atoms with Crippen LogP contribution in [0.25, 0.3) is 11.4 Å². The Morgan fingerprint density at radius 1 is 1.25 bits per heavy atom. The Hall–Kier alpha value is -2.19. The minimum atomic E-state index is -0.390. The second-order valence-electron chi connectivity index (χ2n) is 5.06. The van der Waals surface area contributed by atoms with Gasteiger partial charge < -0.3 is 0 Å². The lowest BCUT2D eigenvalue weighted by molar-refractivity contribution is -0.384. The average molecular weight is 405 g/mol. The highest BCUT2D eigenvalue weighted by Gasteiger charge is 2.15. The molecule has 0 aliphatic heterocycles. The van der Waals surface area contributed by atoms with Crippen LogP contribution in [0, 0.1) is 10.1 Å². The van der Waals surface area contributed by atoms with Gasteiger partial charge >= 0.3 is 0 Å². The number of aromatic nitrogens is 3. The number of thioether (sulfide) groups is 1. The number of benzene rings is 2. The molecule has 24 heavy (non-hydrogen) atoms. The van der Waals surface area contributed by atoms with Crippen molar-refractivity contribution < 1.29 is 4.92 Å². The summed E-state index contributed by atoms with van der Waals surface area (Å²) in [6.07, 6.45) is 0. The zero-order valence-electron chi connectivity index (χ0n) is 12.6. The molecule has 0 radical (unpaired) electrons. The van der Waals surface area contributed by atoms with Gasteiger partial charge in [-0.2, -0.15) is 0 Å². The first-order chi connectivity index (χ1) is 11.5. The summed E-state index contributed by atoms with van der Waals surface area (Å²) in [6.45, 7) is 1.97. The van der Waals surface area contributed by atoms with Gasteiger partial charge in [0.2, 0.25) is 5.16 Å². The molecule has 8 heteroatoms. The molecule has 0 aliphatic carbocycles. The summed E-state index contributed by atoms with van der Waals surface area (Å²) in [5, 5.41) is 18.6. The van der Waals surface area contributed by atoms with Crippen LogP contribution in [0.5, 0.6) is 0 Å². The van der Waals surface area contributed by atoms with Gasteiger partial charge in [0.05, 0.1) is 4.92 Å². The maximum atomic E-state index is 10.9. The van der Waals surface area contributed by atoms with Gasteiger partial charge in [0, 0.05) is 27.4 Å². The standard InChI is InChI=1S/C16H13BrN4O2S/c1-10(11-5-4-6-12(9-11)21(22)23)24-16-18-15(19-20-16)13-7-2-3-8-14(13)17/h2-10H,1H3,(H,18,19,20)/t10-/m1/s1. The molecular formula is C16H13BrN4O2S. The molecule has 3 rings (SSSR count). The SMILES string of the molecule is C[C@@H](Sc1n[nH]c(-c2ccccc2Br)n1)c1cccc([N+](=O)[O-])c1. The second-order valence-corrected chi connectivity index (χ2v) is 7.22. The highest BCUT2D eigenvalue weighted by atomic mass is 79.9. The summed E-state index contributed by atoms with van der Waals surface area (Å²) in [7, 11) is 0. The topological polar surface area (TPSA) is 84.7 Å². The van der Waals surface area contributed by atoms with Gasteiger partial charge in [-0.3, -0.25) is 15.2 Å². The lowest BCUT2D eigenvalue weighted by Crippen LogP contribution is -1.93. The molecule has 0 spiro atoms. The van der Waals surface area contributed by atoms with Gasteiger partial charge in [-0.1, -0.05) is 58.0 Å². The van der Waals surface area contributed by atoms with Crippen molar-refractivity contribution in [1.82, 2.24) is 15.2 Å². The Kier molecular flexibility index (Phi) is 4.96. The van der Waals surface area contributed by atoms with Crippen LogP contribution in [-0.4, -0.2) is 20.1 Å². The van der Waals surface area contributed by atoms with E-state index in [2.05, 4.69) is 31.1 Å². The smallest absolute Gasteiger partial charge is 0.258 e. The molecule has 0 saturated heterocycles. The maximum Gasteiger partial charge on any atom is 0.269 e. The normalized spacial score (nSPS) is 12.1. The van der Waals surface area contributed by atoms with E-state index >= 15 is 0 Å². The molecule has 1 heterocycles. The van der Waals surface area contributed by atoms with Gasteiger partial charge in [0.15, 0.2) is 5.82 Å². The van der Waals surface area contributed by atoms with E-state index in [9.17, 15) is 10.1 Å². The van der Waals surface area contributed by atoms with Crippen molar-refractivity contribution in [1.29, 1.82) is 0 Å². The van der Waals surface area contributed by atoms with Crippen molar-refractivity contribution >= 4 is 33.4 Å². The molecule has 0 fully saturated rings. The van der Waals surface area contributed by atoms with E-state index < -0.39 is 4.92 Å². The number of nitro groups is 1. The quantitative estimate of drug-likeness (QED) is 0.367. The first-order valence-electron chi connectivity index (χ1n) is 7.13. The zero-order valence-corrected chi connectivity index (χ0v) is 15.0. The van der Waals surface area contributed by atoms with Crippen molar-refractivity contribution in [2.45, 2.75) is 17.3 Å². The Bertz CT molecular complexity index is 884. The fourth-order valence-electron chi connectivity index (χ4n) is 2.19. The fraction of sp³-hybridized carbons (Fsp3) is 0.125. The summed E-state index contributed by atoms with van der Waals surface area (Å²) in [4.78, 5) is 15.0. The van der Waals surface area contributed by atoms with Crippen molar-refractivity contribution in [3.05, 3.63) is 68.7 Å². The number of aromatic amines is 1. The molecule has 1 aromatic heterocycles. The number of non-ortho nitro benzene ring substituents is 1. The molecule has 0 amide bonds. The van der Waals surface area contributed by atoms with E-state index in [-0.39, 0.29) is 10.9 Å². The Morgan fingerprint density at radius 2 is 2.04 bits per heavy atom. The predicted octanol–water partition coefficient (Wildman–Crippen LogP) is 5.00. The van der Waals surface area contributed by atoms with E-state index in [1.165, 1.54) is 17.8 Å². The summed E-state index contributed by atoms with van der Waals surface area (Å²) in [5.41, 5.74) is 1.88. The first kappa shape index (κ1) is 16.7. The molecule has 122 valence electrons. The van der Waals surface area contributed by atoms with Gasteiger partial charge in [-0.05, 0) is 18.6 Å². The minimum absolute atomic E-state index is 0.00670. The van der Waals surface area contributed by atoms with Crippen molar-refractivity contribution in [2.75, 3.05) is 0 Å². The zero-order chi connectivity index (χ0) is 17.1. The number of hydrogen-bond donors (Lipinski definition) is 1. The third-order valence-corrected chi connectivity index (χ3v) is 5.14. The highest BCUT2D eigenvalue weighted by Crippen LogP contribution is 2.35. The fourth-order valence-corrected chi connectivity index (χ4v) is 3.50. The highest BCUT2D eigenvalue weighted by molar-refractivity contribution is 9.10. The van der Waals surface area contributed by atoms with Crippen LogP contribution in [0.3, 0.4) is 0 Å². The van der Waals surface area contributed by atoms with Crippen molar-refractivity contribution in [3.8, 4) is 11.4 Å². The molecule has 1 atom stereocenters. The van der Waals surface area contributed by atoms with Crippen molar-refractivity contribution in [3.63, 3.8) is 0 Å². The lowest BCUT2D eigenvalue weighted by atomic mass is 10.1. The molecule has 0 bridgehead atoms. The molecule has 2 aromatic carbocycles. The monoisotopic (exact) mass is 404 g/mol. The third-order valence-electron chi connectivity index (χ3n) is 3.43. The molecule has 3 aromatic rings. The second kappa shape index (κ2) is 7.14. The number of hydrogen-bond acceptors (Lipinski definition) is 5. The van der Waals surface area contributed by atoms with Crippen LogP contribution in [0.4, 0.5) is 5.69 Å². The van der Waals surface area contributed by atoms with Crippen LogP contribution in [0.1, 0.15) is 17.7 Å². The van der Waals surface area contributed by atoms with Gasteiger partial charge in [-0.25, -0.2) is 4.98 Å². The van der Waals surface area contributed by atoms with Crippen LogP contribution >= 0.6 is 27.7 Å². The van der Waals surface area contributed by atoms with Gasteiger partial charge in [0.25, 0.3) is 5.69 Å². The van der Waals surface area contributed by atoms with Gasteiger partial charge in [-0.15, -0.1) is 5.10 Å². The Morgan fingerprint density at radius 3 is 2.79 bits per heavy atom. The number of nitrogens with zero attached hydrogens (tertiary/aromatic N) is 3. The van der Waals surface area contributed by atoms with E-state index in [0.29, 0.717) is 11.0 Å². The number of rotatable bonds is 5. The van der Waals surface area contributed by atoms with Gasteiger partial charge in [0.1, 0.15) is 0 Å². The van der Waals surface area contributed by atoms with Crippen LogP contribution < -0.4 is 0 Å².